The molecule has 1 aliphatic rings. The molecule has 0 aliphatic carbocycles. The van der Waals surface area contributed by atoms with Crippen LogP contribution in [0.1, 0.15) is 36.5 Å². The monoisotopic (exact) mass is 314 g/mol. The number of allylic oxidation sites excluding steroid dienone is 1. The normalized spacial score (nSPS) is 15.0. The first-order chi connectivity index (χ1) is 10.7. The van der Waals surface area contributed by atoms with Crippen LogP contribution in [-0.4, -0.2) is 19.9 Å². The number of phenols is 1. The number of fused-ring (bicyclic) bond motifs is 1. The molecular weight excluding hydrogens is 300 g/mol. The van der Waals surface area contributed by atoms with Crippen molar-refractivity contribution in [3.63, 3.8) is 0 Å². The molecule has 0 amide bonds. The highest BCUT2D eigenvalue weighted by Crippen LogP contribution is 2.26. The summed E-state index contributed by atoms with van der Waals surface area (Å²) in [7, 11) is 0. The van der Waals surface area contributed by atoms with E-state index in [1.165, 1.54) is 12.5 Å². The molecule has 2 aromatic rings. The number of halogens is 1. The Morgan fingerprint density at radius 2 is 2.18 bits per heavy atom. The number of benzene rings is 1. The maximum absolute atomic E-state index is 9.47. The first-order valence-electron chi connectivity index (χ1n) is 7.22. The fourth-order valence-electron chi connectivity index (χ4n) is 2.61. The number of rotatable bonds is 2. The molecule has 0 saturated carbocycles. The van der Waals surface area contributed by atoms with Crippen LogP contribution in [0.4, 0.5) is 0 Å². The maximum Gasteiger partial charge on any atom is 0.174 e. The van der Waals surface area contributed by atoms with Crippen LogP contribution in [0.2, 0.25) is 5.02 Å². The van der Waals surface area contributed by atoms with Gasteiger partial charge in [-0.2, -0.15) is 5.26 Å². The van der Waals surface area contributed by atoms with E-state index in [4.69, 9.17) is 11.6 Å². The SMILES string of the molecule is N#C/C(=C\c1ccc(O)c(Cl)c1)c1nnc2n1CCCCC2. The Hall–Kier alpha value is -2.32. The van der Waals surface area contributed by atoms with E-state index in [9.17, 15) is 10.4 Å². The van der Waals surface area contributed by atoms with Crippen LogP contribution in [0.25, 0.3) is 11.6 Å². The molecule has 0 radical (unpaired) electrons. The minimum Gasteiger partial charge on any atom is -0.506 e. The summed E-state index contributed by atoms with van der Waals surface area (Å²) < 4.78 is 2.03. The van der Waals surface area contributed by atoms with Crippen molar-refractivity contribution in [2.75, 3.05) is 0 Å². The molecule has 1 N–H and O–H groups in total. The number of nitrogens with zero attached hydrogens (tertiary/aromatic N) is 4. The van der Waals surface area contributed by atoms with Gasteiger partial charge in [0.15, 0.2) is 5.82 Å². The topological polar surface area (TPSA) is 74.7 Å². The molecule has 1 aliphatic heterocycles. The molecule has 0 saturated heterocycles. The molecule has 0 spiro atoms. The molecule has 2 heterocycles. The number of aromatic hydroxyl groups is 1. The summed E-state index contributed by atoms with van der Waals surface area (Å²) >= 11 is 5.91. The van der Waals surface area contributed by atoms with Crippen LogP contribution in [0.5, 0.6) is 5.75 Å². The average Bonchev–Trinajstić information content (AvgIpc) is 2.77. The van der Waals surface area contributed by atoms with E-state index >= 15 is 0 Å². The third-order valence-corrected chi connectivity index (χ3v) is 4.06. The zero-order valence-corrected chi connectivity index (χ0v) is 12.7. The summed E-state index contributed by atoms with van der Waals surface area (Å²) in [6.45, 7) is 0.840. The highest BCUT2D eigenvalue weighted by Gasteiger charge is 2.17. The van der Waals surface area contributed by atoms with E-state index < -0.39 is 0 Å². The largest absolute Gasteiger partial charge is 0.506 e. The standard InChI is InChI=1S/C16H15ClN4O/c17-13-9-11(5-6-14(13)22)8-12(10-18)16-20-19-15-4-2-1-3-7-21(15)16/h5-6,8-9,22H,1-4,7H2/b12-8+. The van der Waals surface area contributed by atoms with E-state index in [1.54, 1.807) is 18.2 Å². The smallest absolute Gasteiger partial charge is 0.174 e. The van der Waals surface area contributed by atoms with Crippen LogP contribution in [-0.2, 0) is 13.0 Å². The van der Waals surface area contributed by atoms with Crippen molar-refractivity contribution >= 4 is 23.3 Å². The predicted molar refractivity (Wildman–Crippen MR) is 84.2 cm³/mol. The lowest BCUT2D eigenvalue weighted by molar-refractivity contribution is 0.475. The van der Waals surface area contributed by atoms with Crippen LogP contribution in [0, 0.1) is 11.3 Å². The van der Waals surface area contributed by atoms with Crippen LogP contribution >= 0.6 is 11.6 Å². The Morgan fingerprint density at radius 1 is 1.32 bits per heavy atom. The molecule has 1 aromatic heterocycles. The number of hydrogen-bond acceptors (Lipinski definition) is 4. The van der Waals surface area contributed by atoms with Crippen molar-refractivity contribution in [3.8, 4) is 11.8 Å². The Bertz CT molecular complexity index is 773. The second-order valence-corrected chi connectivity index (χ2v) is 5.69. The van der Waals surface area contributed by atoms with E-state index in [2.05, 4.69) is 16.3 Å². The highest BCUT2D eigenvalue weighted by atomic mass is 35.5. The first-order valence-corrected chi connectivity index (χ1v) is 7.59. The maximum atomic E-state index is 9.47. The van der Waals surface area contributed by atoms with Crippen molar-refractivity contribution in [2.45, 2.75) is 32.2 Å². The Kier molecular flexibility index (Phi) is 4.12. The summed E-state index contributed by atoms with van der Waals surface area (Å²) in [4.78, 5) is 0. The van der Waals surface area contributed by atoms with Crippen molar-refractivity contribution in [3.05, 3.63) is 40.4 Å². The van der Waals surface area contributed by atoms with E-state index in [-0.39, 0.29) is 10.8 Å². The van der Waals surface area contributed by atoms with Gasteiger partial charge in [0.05, 0.1) is 10.6 Å². The molecule has 0 bridgehead atoms. The van der Waals surface area contributed by atoms with Gasteiger partial charge < -0.3 is 9.67 Å². The number of phenolic OH excluding ortho intramolecular Hbond substituents is 1. The molecule has 0 atom stereocenters. The summed E-state index contributed by atoms with van der Waals surface area (Å²) in [5.74, 6) is 1.56. The summed E-state index contributed by atoms with van der Waals surface area (Å²) in [5.41, 5.74) is 1.19. The van der Waals surface area contributed by atoms with Crippen LogP contribution in [0.3, 0.4) is 0 Å². The van der Waals surface area contributed by atoms with Crippen molar-refractivity contribution < 1.29 is 5.11 Å². The fourth-order valence-corrected chi connectivity index (χ4v) is 2.80. The van der Waals surface area contributed by atoms with E-state index in [0.29, 0.717) is 11.4 Å². The van der Waals surface area contributed by atoms with Gasteiger partial charge in [-0.25, -0.2) is 0 Å². The number of hydrogen-bond donors (Lipinski definition) is 1. The van der Waals surface area contributed by atoms with E-state index in [0.717, 1.165) is 37.2 Å². The highest BCUT2D eigenvalue weighted by molar-refractivity contribution is 6.32. The first kappa shape index (κ1) is 14.6. The van der Waals surface area contributed by atoms with Crippen molar-refractivity contribution in [1.82, 2.24) is 14.8 Å². The van der Waals surface area contributed by atoms with Gasteiger partial charge in [0.1, 0.15) is 17.6 Å². The van der Waals surface area contributed by atoms with Gasteiger partial charge in [0, 0.05) is 13.0 Å². The number of aromatic nitrogens is 3. The molecule has 0 unspecified atom stereocenters. The Balaban J connectivity index is 2.01. The molecule has 3 rings (SSSR count). The summed E-state index contributed by atoms with van der Waals surface area (Å²) in [5, 5.41) is 27.6. The second-order valence-electron chi connectivity index (χ2n) is 5.28. The van der Waals surface area contributed by atoms with Gasteiger partial charge >= 0.3 is 0 Å². The van der Waals surface area contributed by atoms with Crippen molar-refractivity contribution in [1.29, 1.82) is 5.26 Å². The van der Waals surface area contributed by atoms with Crippen molar-refractivity contribution in [2.24, 2.45) is 0 Å². The average molecular weight is 315 g/mol. The third-order valence-electron chi connectivity index (χ3n) is 3.75. The molecule has 0 fully saturated rings. The Labute approximate surface area is 133 Å². The minimum absolute atomic E-state index is 0.0219. The number of nitriles is 1. The van der Waals surface area contributed by atoms with E-state index in [1.807, 2.05) is 4.57 Å². The van der Waals surface area contributed by atoms with Gasteiger partial charge in [0.2, 0.25) is 0 Å². The number of aryl methyl sites for hydroxylation is 1. The zero-order valence-electron chi connectivity index (χ0n) is 12.0. The Morgan fingerprint density at radius 3 is 2.95 bits per heavy atom. The second kappa shape index (κ2) is 6.20. The molecular formula is C16H15ClN4O. The van der Waals surface area contributed by atoms with Gasteiger partial charge in [-0.3, -0.25) is 0 Å². The zero-order chi connectivity index (χ0) is 15.5. The lowest BCUT2D eigenvalue weighted by Gasteiger charge is -2.06. The molecule has 22 heavy (non-hydrogen) atoms. The predicted octanol–water partition coefficient (Wildman–Crippen LogP) is 3.43. The lowest BCUT2D eigenvalue weighted by atomic mass is 10.1. The summed E-state index contributed by atoms with van der Waals surface area (Å²) in [6, 6.07) is 7.02. The quantitative estimate of drug-likeness (QED) is 0.862. The van der Waals surface area contributed by atoms with Gasteiger partial charge in [-0.15, -0.1) is 10.2 Å². The van der Waals surface area contributed by atoms with Crippen LogP contribution < -0.4 is 0 Å². The van der Waals surface area contributed by atoms with Gasteiger partial charge in [-0.1, -0.05) is 24.1 Å². The van der Waals surface area contributed by atoms with Crippen LogP contribution in [0.15, 0.2) is 18.2 Å². The lowest BCUT2D eigenvalue weighted by Crippen LogP contribution is -2.05. The molecule has 1 aromatic carbocycles. The van der Waals surface area contributed by atoms with Gasteiger partial charge in [0.25, 0.3) is 0 Å². The minimum atomic E-state index is 0.0219. The fraction of sp³-hybridized carbons (Fsp3) is 0.312. The molecule has 112 valence electrons. The molecule has 5 nitrogen and oxygen atoms in total. The molecule has 6 heteroatoms. The third kappa shape index (κ3) is 2.83. The summed E-state index contributed by atoms with van der Waals surface area (Å²) in [6.07, 6.45) is 5.96. The van der Waals surface area contributed by atoms with Gasteiger partial charge in [-0.05, 0) is 36.6 Å².